The van der Waals surface area contributed by atoms with Crippen LogP contribution in [0.15, 0.2) is 29.3 Å². The highest BCUT2D eigenvalue weighted by molar-refractivity contribution is 14.0. The fourth-order valence-corrected chi connectivity index (χ4v) is 2.24. The third-order valence-corrected chi connectivity index (χ3v) is 3.86. The van der Waals surface area contributed by atoms with Gasteiger partial charge in [-0.1, -0.05) is 12.1 Å². The summed E-state index contributed by atoms with van der Waals surface area (Å²) in [5, 5.41) is 3.28. The summed E-state index contributed by atoms with van der Waals surface area (Å²) in [6.07, 6.45) is 2.62. The first-order chi connectivity index (χ1) is 11.1. The molecule has 0 radical (unpaired) electrons. The third kappa shape index (κ3) is 7.04. The van der Waals surface area contributed by atoms with Gasteiger partial charge in [-0.2, -0.15) is 0 Å². The van der Waals surface area contributed by atoms with E-state index >= 15 is 0 Å². The summed E-state index contributed by atoms with van der Waals surface area (Å²) in [5.41, 5.74) is 6.80. The zero-order chi connectivity index (χ0) is 16.7. The molecule has 0 aromatic heterocycles. The number of hydrogen-bond acceptors (Lipinski definition) is 3. The molecule has 2 rings (SSSR count). The highest BCUT2D eigenvalue weighted by atomic mass is 127. The minimum absolute atomic E-state index is 0. The quantitative estimate of drug-likeness (QED) is 0.277. The number of rotatable bonds is 8. The van der Waals surface area contributed by atoms with Crippen LogP contribution in [0.25, 0.3) is 0 Å². The molecule has 134 valence electrons. The lowest BCUT2D eigenvalue weighted by Gasteiger charge is -2.22. The fourth-order valence-electron chi connectivity index (χ4n) is 2.24. The van der Waals surface area contributed by atoms with Gasteiger partial charge in [0.2, 0.25) is 5.91 Å². The van der Waals surface area contributed by atoms with Crippen molar-refractivity contribution in [2.24, 2.45) is 16.6 Å². The number of hydrogen-bond donors (Lipinski definition) is 2. The van der Waals surface area contributed by atoms with Crippen LogP contribution in [0.1, 0.15) is 28.8 Å². The van der Waals surface area contributed by atoms with Gasteiger partial charge in [-0.15, -0.1) is 24.0 Å². The van der Waals surface area contributed by atoms with Gasteiger partial charge >= 0.3 is 0 Å². The van der Waals surface area contributed by atoms with Crippen LogP contribution in [-0.4, -0.2) is 50.6 Å². The standard InChI is InChI=1S/C17H26N4O2.HI/c1-19-17(21(2)8-9-23-12-13-6-7-13)20-11-14-4-3-5-15(10-14)16(18)22;/h3-5,10,13H,6-9,11-12H2,1-2H3,(H2,18,22)(H,19,20);1H. The minimum Gasteiger partial charge on any atom is -0.379 e. The molecule has 0 saturated heterocycles. The summed E-state index contributed by atoms with van der Waals surface area (Å²) in [6.45, 7) is 2.94. The molecule has 1 aromatic rings. The largest absolute Gasteiger partial charge is 0.379 e. The zero-order valence-electron chi connectivity index (χ0n) is 14.3. The molecular weight excluding hydrogens is 419 g/mol. The number of carbonyl (C=O) groups is 1. The Bertz CT molecular complexity index is 561. The molecule has 7 heteroatoms. The molecule has 1 aromatic carbocycles. The molecule has 1 aliphatic rings. The van der Waals surface area contributed by atoms with Crippen molar-refractivity contribution in [2.45, 2.75) is 19.4 Å². The Balaban J connectivity index is 0.00000288. The molecule has 0 unspecified atom stereocenters. The van der Waals surface area contributed by atoms with Crippen molar-refractivity contribution in [3.05, 3.63) is 35.4 Å². The molecule has 0 heterocycles. The van der Waals surface area contributed by atoms with E-state index in [0.717, 1.165) is 30.6 Å². The SMILES string of the molecule is CN=C(NCc1cccc(C(N)=O)c1)N(C)CCOCC1CC1.I. The second-order valence-electron chi connectivity index (χ2n) is 5.91. The summed E-state index contributed by atoms with van der Waals surface area (Å²) in [5.74, 6) is 1.17. The lowest BCUT2D eigenvalue weighted by molar-refractivity contribution is 0.1000. The number of benzene rings is 1. The average Bonchev–Trinajstić information content (AvgIpc) is 3.36. The number of nitrogens with zero attached hydrogens (tertiary/aromatic N) is 2. The third-order valence-electron chi connectivity index (χ3n) is 3.86. The second-order valence-corrected chi connectivity index (χ2v) is 5.91. The number of likely N-dealkylation sites (N-methyl/N-ethyl adjacent to an activating group) is 1. The number of guanidine groups is 1. The maximum atomic E-state index is 11.2. The lowest BCUT2D eigenvalue weighted by Crippen LogP contribution is -2.40. The second kappa shape index (κ2) is 10.5. The van der Waals surface area contributed by atoms with Crippen LogP contribution in [0.5, 0.6) is 0 Å². The van der Waals surface area contributed by atoms with E-state index in [0.29, 0.717) is 18.7 Å². The number of primary amides is 1. The van der Waals surface area contributed by atoms with Crippen LogP contribution in [0.4, 0.5) is 0 Å². The topological polar surface area (TPSA) is 79.9 Å². The van der Waals surface area contributed by atoms with E-state index in [1.807, 2.05) is 24.1 Å². The summed E-state index contributed by atoms with van der Waals surface area (Å²) >= 11 is 0. The summed E-state index contributed by atoms with van der Waals surface area (Å²) < 4.78 is 5.65. The van der Waals surface area contributed by atoms with Crippen molar-refractivity contribution in [1.29, 1.82) is 0 Å². The molecule has 6 nitrogen and oxygen atoms in total. The molecule has 0 bridgehead atoms. The Morgan fingerprint density at radius 1 is 1.46 bits per heavy atom. The molecule has 0 aliphatic heterocycles. The summed E-state index contributed by atoms with van der Waals surface area (Å²) in [6, 6.07) is 7.28. The van der Waals surface area contributed by atoms with E-state index < -0.39 is 5.91 Å². The van der Waals surface area contributed by atoms with Gasteiger partial charge in [0.1, 0.15) is 0 Å². The number of ether oxygens (including phenoxy) is 1. The predicted octanol–water partition coefficient (Wildman–Crippen LogP) is 1.84. The Morgan fingerprint density at radius 2 is 2.21 bits per heavy atom. The van der Waals surface area contributed by atoms with Crippen LogP contribution in [0.3, 0.4) is 0 Å². The predicted molar refractivity (Wildman–Crippen MR) is 107 cm³/mol. The van der Waals surface area contributed by atoms with Crippen molar-refractivity contribution < 1.29 is 9.53 Å². The first kappa shape index (κ1) is 20.7. The van der Waals surface area contributed by atoms with Crippen LogP contribution in [0, 0.1) is 5.92 Å². The zero-order valence-corrected chi connectivity index (χ0v) is 16.7. The molecule has 0 atom stereocenters. The van der Waals surface area contributed by atoms with Crippen LogP contribution in [-0.2, 0) is 11.3 Å². The van der Waals surface area contributed by atoms with Crippen molar-refractivity contribution in [3.63, 3.8) is 0 Å². The Hall–Kier alpha value is -1.35. The maximum Gasteiger partial charge on any atom is 0.248 e. The van der Waals surface area contributed by atoms with Crippen LogP contribution >= 0.6 is 24.0 Å². The first-order valence-corrected chi connectivity index (χ1v) is 7.98. The van der Waals surface area contributed by atoms with E-state index in [4.69, 9.17) is 10.5 Å². The van der Waals surface area contributed by atoms with Gasteiger partial charge in [0.05, 0.1) is 6.61 Å². The number of nitrogens with two attached hydrogens (primary N) is 1. The van der Waals surface area contributed by atoms with Crippen LogP contribution in [0.2, 0.25) is 0 Å². The summed E-state index contributed by atoms with van der Waals surface area (Å²) in [4.78, 5) is 17.5. The Morgan fingerprint density at radius 3 is 2.83 bits per heavy atom. The van der Waals surface area contributed by atoms with E-state index in [9.17, 15) is 4.79 Å². The van der Waals surface area contributed by atoms with Crippen molar-refractivity contribution in [1.82, 2.24) is 10.2 Å². The number of halogens is 1. The number of amides is 1. The van der Waals surface area contributed by atoms with Gasteiger partial charge < -0.3 is 20.7 Å². The lowest BCUT2D eigenvalue weighted by atomic mass is 10.1. The summed E-state index contributed by atoms with van der Waals surface area (Å²) in [7, 11) is 3.74. The number of carbonyl (C=O) groups excluding carboxylic acids is 1. The van der Waals surface area contributed by atoms with Gasteiger partial charge in [-0.3, -0.25) is 9.79 Å². The average molecular weight is 446 g/mol. The van der Waals surface area contributed by atoms with Gasteiger partial charge in [0.15, 0.2) is 5.96 Å². The molecule has 3 N–H and O–H groups in total. The van der Waals surface area contributed by atoms with Crippen molar-refractivity contribution >= 4 is 35.8 Å². The molecule has 1 aliphatic carbocycles. The van der Waals surface area contributed by atoms with E-state index in [1.54, 1.807) is 19.2 Å². The Kier molecular flexibility index (Phi) is 9.05. The van der Waals surface area contributed by atoms with E-state index in [-0.39, 0.29) is 24.0 Å². The fraction of sp³-hybridized carbons (Fsp3) is 0.529. The Labute approximate surface area is 160 Å². The van der Waals surface area contributed by atoms with Gasteiger partial charge in [-0.25, -0.2) is 0 Å². The smallest absolute Gasteiger partial charge is 0.248 e. The monoisotopic (exact) mass is 446 g/mol. The van der Waals surface area contributed by atoms with Gasteiger partial charge in [0, 0.05) is 39.4 Å². The van der Waals surface area contributed by atoms with Crippen molar-refractivity contribution in [3.8, 4) is 0 Å². The molecule has 1 amide bonds. The molecule has 1 saturated carbocycles. The van der Waals surface area contributed by atoms with Crippen molar-refractivity contribution in [2.75, 3.05) is 33.9 Å². The van der Waals surface area contributed by atoms with E-state index in [1.165, 1.54) is 12.8 Å². The molecular formula is C17H27IN4O2. The molecule has 24 heavy (non-hydrogen) atoms. The minimum atomic E-state index is -0.416. The maximum absolute atomic E-state index is 11.2. The van der Waals surface area contributed by atoms with Gasteiger partial charge in [0.25, 0.3) is 0 Å². The van der Waals surface area contributed by atoms with E-state index in [2.05, 4.69) is 10.3 Å². The van der Waals surface area contributed by atoms with Gasteiger partial charge in [-0.05, 0) is 36.5 Å². The first-order valence-electron chi connectivity index (χ1n) is 7.98. The van der Waals surface area contributed by atoms with Crippen LogP contribution < -0.4 is 11.1 Å². The molecule has 0 spiro atoms. The molecule has 1 fully saturated rings. The normalized spacial score (nSPS) is 14.0. The highest BCUT2D eigenvalue weighted by Gasteiger charge is 2.21. The number of nitrogens with one attached hydrogen (secondary N) is 1. The highest BCUT2D eigenvalue weighted by Crippen LogP contribution is 2.28. The number of aliphatic imine (C=N–C) groups is 1.